The minimum absolute atomic E-state index is 0.101. The lowest BCUT2D eigenvalue weighted by Crippen LogP contribution is -2.49. The molecule has 2 N–H and O–H groups in total. The highest BCUT2D eigenvalue weighted by Crippen LogP contribution is 2.45. The summed E-state index contributed by atoms with van der Waals surface area (Å²) in [5.74, 6) is 0.354. The van der Waals surface area contributed by atoms with Gasteiger partial charge in [-0.05, 0) is 55.7 Å². The third-order valence-corrected chi connectivity index (χ3v) is 7.27. The van der Waals surface area contributed by atoms with Crippen molar-refractivity contribution in [2.24, 2.45) is 0 Å². The Kier molecular flexibility index (Phi) is 4.38. The summed E-state index contributed by atoms with van der Waals surface area (Å²) in [6.07, 6.45) is 2.97. The molecule has 4 rings (SSSR count). The van der Waals surface area contributed by atoms with Crippen molar-refractivity contribution in [1.29, 1.82) is 0 Å². The van der Waals surface area contributed by atoms with Crippen molar-refractivity contribution in [1.82, 2.24) is 4.72 Å². The van der Waals surface area contributed by atoms with Gasteiger partial charge in [0.15, 0.2) is 0 Å². The van der Waals surface area contributed by atoms with Crippen LogP contribution in [0.4, 0.5) is 5.69 Å². The molecule has 2 aromatic carbocycles. The zero-order chi connectivity index (χ0) is 17.6. The molecule has 2 aromatic rings. The first-order chi connectivity index (χ1) is 11.9. The Labute approximate surface area is 157 Å². The fourth-order valence-electron chi connectivity index (χ4n) is 4.02. The summed E-state index contributed by atoms with van der Waals surface area (Å²) in [4.78, 5) is 0.332. The molecule has 1 aliphatic heterocycles. The summed E-state index contributed by atoms with van der Waals surface area (Å²) in [5.41, 5.74) is 3.47. The van der Waals surface area contributed by atoms with Crippen LogP contribution in [0.5, 0.6) is 0 Å². The summed E-state index contributed by atoms with van der Waals surface area (Å²) in [6.45, 7) is 1.95. The Bertz CT molecular complexity index is 896. The number of rotatable bonds is 3. The summed E-state index contributed by atoms with van der Waals surface area (Å²) >= 11 is 3.54. The van der Waals surface area contributed by atoms with Gasteiger partial charge in [0.25, 0.3) is 0 Å². The number of halogens is 1. The van der Waals surface area contributed by atoms with E-state index >= 15 is 0 Å². The van der Waals surface area contributed by atoms with Crippen molar-refractivity contribution in [2.75, 3.05) is 5.32 Å². The van der Waals surface area contributed by atoms with E-state index in [0.29, 0.717) is 10.8 Å². The molecule has 6 heteroatoms. The van der Waals surface area contributed by atoms with Gasteiger partial charge in [0.1, 0.15) is 0 Å². The standard InChI is InChI=1S/C19H21BrN2O2S/c1-12-5-8-14(9-6-12)25(23,24)22-18-4-2-3-15-16-11-13(20)7-10-17(16)21-19(15)18/h5-11,15,18-19,21-22H,2-4H2,1H3. The molecular formula is C19H21BrN2O2S. The number of nitrogens with one attached hydrogen (secondary N) is 2. The third-order valence-electron chi connectivity index (χ3n) is 5.27. The molecular weight excluding hydrogens is 400 g/mol. The molecule has 1 heterocycles. The highest BCUT2D eigenvalue weighted by atomic mass is 79.9. The largest absolute Gasteiger partial charge is 0.380 e. The molecule has 0 bridgehead atoms. The molecule has 2 aliphatic rings. The molecule has 0 aromatic heterocycles. The first kappa shape index (κ1) is 17.1. The molecule has 1 fully saturated rings. The Morgan fingerprint density at radius 2 is 1.88 bits per heavy atom. The van der Waals surface area contributed by atoms with Gasteiger partial charge >= 0.3 is 0 Å². The van der Waals surface area contributed by atoms with Crippen LogP contribution >= 0.6 is 15.9 Å². The van der Waals surface area contributed by atoms with Crippen LogP contribution in [-0.4, -0.2) is 20.5 Å². The van der Waals surface area contributed by atoms with Crippen molar-refractivity contribution >= 4 is 31.6 Å². The Morgan fingerprint density at radius 1 is 1.12 bits per heavy atom. The Hall–Kier alpha value is -1.37. The molecule has 3 unspecified atom stereocenters. The van der Waals surface area contributed by atoms with Gasteiger partial charge in [0.05, 0.1) is 4.90 Å². The lowest BCUT2D eigenvalue weighted by molar-refractivity contribution is 0.351. The highest BCUT2D eigenvalue weighted by molar-refractivity contribution is 9.10. The van der Waals surface area contributed by atoms with E-state index in [4.69, 9.17) is 0 Å². The quantitative estimate of drug-likeness (QED) is 0.783. The highest BCUT2D eigenvalue weighted by Gasteiger charge is 2.41. The van der Waals surface area contributed by atoms with Crippen LogP contribution in [0.1, 0.15) is 36.3 Å². The fourth-order valence-corrected chi connectivity index (χ4v) is 5.69. The van der Waals surface area contributed by atoms with Crippen LogP contribution in [0.25, 0.3) is 0 Å². The maximum atomic E-state index is 12.8. The van der Waals surface area contributed by atoms with E-state index in [1.54, 1.807) is 12.1 Å². The third kappa shape index (κ3) is 3.23. The number of hydrogen-bond donors (Lipinski definition) is 2. The minimum Gasteiger partial charge on any atom is -0.380 e. The second kappa shape index (κ2) is 6.41. The van der Waals surface area contributed by atoms with Gasteiger partial charge in [-0.25, -0.2) is 13.1 Å². The van der Waals surface area contributed by atoms with E-state index in [9.17, 15) is 8.42 Å². The number of aryl methyl sites for hydroxylation is 1. The Balaban J connectivity index is 1.59. The van der Waals surface area contributed by atoms with E-state index in [2.05, 4.69) is 38.1 Å². The van der Waals surface area contributed by atoms with E-state index in [1.165, 1.54) is 5.56 Å². The number of sulfonamides is 1. The van der Waals surface area contributed by atoms with Gasteiger partial charge in [-0.15, -0.1) is 0 Å². The SMILES string of the molecule is Cc1ccc(S(=O)(=O)NC2CCCC3c4cc(Br)ccc4NC23)cc1. The number of hydrogen-bond acceptors (Lipinski definition) is 3. The maximum Gasteiger partial charge on any atom is 0.240 e. The first-order valence-electron chi connectivity index (χ1n) is 8.59. The van der Waals surface area contributed by atoms with Gasteiger partial charge in [-0.1, -0.05) is 40.0 Å². The van der Waals surface area contributed by atoms with Gasteiger partial charge < -0.3 is 5.32 Å². The maximum absolute atomic E-state index is 12.8. The molecule has 4 nitrogen and oxygen atoms in total. The van der Waals surface area contributed by atoms with Crippen molar-refractivity contribution in [3.05, 3.63) is 58.1 Å². The smallest absolute Gasteiger partial charge is 0.240 e. The normalized spacial score (nSPS) is 25.1. The Morgan fingerprint density at radius 3 is 2.64 bits per heavy atom. The zero-order valence-corrected chi connectivity index (χ0v) is 16.4. The number of anilines is 1. The predicted octanol–water partition coefficient (Wildman–Crippen LogP) is 4.17. The minimum atomic E-state index is -3.51. The predicted molar refractivity (Wildman–Crippen MR) is 103 cm³/mol. The molecule has 0 amide bonds. The van der Waals surface area contributed by atoms with Crippen molar-refractivity contribution in [2.45, 2.75) is 49.1 Å². The average molecular weight is 421 g/mol. The van der Waals surface area contributed by atoms with Gasteiger partial charge in [-0.3, -0.25) is 0 Å². The van der Waals surface area contributed by atoms with Crippen LogP contribution in [0.15, 0.2) is 51.8 Å². The van der Waals surface area contributed by atoms with Crippen molar-refractivity contribution in [3.8, 4) is 0 Å². The van der Waals surface area contributed by atoms with Gasteiger partial charge in [0.2, 0.25) is 10.0 Å². The second-order valence-electron chi connectivity index (χ2n) is 6.98. The molecule has 1 aliphatic carbocycles. The molecule has 0 spiro atoms. The molecule has 25 heavy (non-hydrogen) atoms. The van der Waals surface area contributed by atoms with Crippen LogP contribution in [0.3, 0.4) is 0 Å². The zero-order valence-electron chi connectivity index (χ0n) is 14.0. The molecule has 1 saturated carbocycles. The lowest BCUT2D eigenvalue weighted by atomic mass is 9.80. The van der Waals surface area contributed by atoms with Crippen molar-refractivity contribution in [3.63, 3.8) is 0 Å². The van der Waals surface area contributed by atoms with E-state index < -0.39 is 10.0 Å². The molecule has 0 radical (unpaired) electrons. The molecule has 0 saturated heterocycles. The van der Waals surface area contributed by atoms with E-state index in [1.807, 2.05) is 25.1 Å². The fraction of sp³-hybridized carbons (Fsp3) is 0.368. The summed E-state index contributed by atoms with van der Waals surface area (Å²) < 4.78 is 29.6. The monoisotopic (exact) mass is 420 g/mol. The van der Waals surface area contributed by atoms with Crippen LogP contribution < -0.4 is 10.0 Å². The second-order valence-corrected chi connectivity index (χ2v) is 9.61. The van der Waals surface area contributed by atoms with E-state index in [-0.39, 0.29) is 12.1 Å². The van der Waals surface area contributed by atoms with Crippen LogP contribution in [0.2, 0.25) is 0 Å². The summed E-state index contributed by atoms with van der Waals surface area (Å²) in [5, 5.41) is 3.55. The van der Waals surface area contributed by atoms with Gasteiger partial charge in [0, 0.05) is 28.2 Å². The average Bonchev–Trinajstić information content (AvgIpc) is 2.94. The summed E-state index contributed by atoms with van der Waals surface area (Å²) in [7, 11) is -3.51. The number of benzene rings is 2. The van der Waals surface area contributed by atoms with Crippen LogP contribution in [0, 0.1) is 6.92 Å². The number of fused-ring (bicyclic) bond motifs is 3. The molecule has 132 valence electrons. The topological polar surface area (TPSA) is 58.2 Å². The lowest BCUT2D eigenvalue weighted by Gasteiger charge is -2.34. The van der Waals surface area contributed by atoms with E-state index in [0.717, 1.165) is 35.0 Å². The first-order valence-corrected chi connectivity index (χ1v) is 10.9. The van der Waals surface area contributed by atoms with Crippen molar-refractivity contribution < 1.29 is 8.42 Å². The molecule has 3 atom stereocenters. The summed E-state index contributed by atoms with van der Waals surface area (Å²) in [6, 6.07) is 13.3. The van der Waals surface area contributed by atoms with Crippen LogP contribution in [-0.2, 0) is 10.0 Å². The van der Waals surface area contributed by atoms with Gasteiger partial charge in [-0.2, -0.15) is 0 Å².